The van der Waals surface area contributed by atoms with E-state index in [4.69, 9.17) is 23.7 Å². The Labute approximate surface area is 233 Å². The van der Waals surface area contributed by atoms with Crippen molar-refractivity contribution in [3.63, 3.8) is 0 Å². The third-order valence-corrected chi connectivity index (χ3v) is 7.59. The Kier molecular flexibility index (Phi) is 7.31. The Hall–Kier alpha value is -4.27. The zero-order valence-electron chi connectivity index (χ0n) is 23.8. The van der Waals surface area contributed by atoms with Gasteiger partial charge in [0, 0.05) is 25.0 Å². The van der Waals surface area contributed by atoms with E-state index in [0.29, 0.717) is 71.6 Å². The summed E-state index contributed by atoms with van der Waals surface area (Å²) in [5.41, 5.74) is 3.02. The van der Waals surface area contributed by atoms with Crippen molar-refractivity contribution in [3.05, 3.63) is 76.2 Å². The topological polar surface area (TPSA) is 105 Å². The van der Waals surface area contributed by atoms with Crippen LogP contribution in [0.5, 0.6) is 28.9 Å². The number of nitrogens with one attached hydrogen (secondary N) is 1. The fourth-order valence-corrected chi connectivity index (χ4v) is 5.62. The van der Waals surface area contributed by atoms with Gasteiger partial charge in [-0.1, -0.05) is 26.0 Å². The van der Waals surface area contributed by atoms with Crippen LogP contribution in [0.25, 0.3) is 0 Å². The van der Waals surface area contributed by atoms with E-state index in [0.717, 1.165) is 11.1 Å². The molecule has 9 nitrogen and oxygen atoms in total. The summed E-state index contributed by atoms with van der Waals surface area (Å²) in [6.07, 6.45) is 3.29. The molecule has 0 fully saturated rings. The first-order valence-electron chi connectivity index (χ1n) is 13.2. The fraction of sp³-hybridized carbons (Fsp3) is 0.387. The molecule has 1 unspecified atom stereocenters. The molecule has 0 saturated heterocycles. The number of carbonyl (C=O) groups excluding carboxylic acids is 1. The SMILES string of the molecule is COc1ccc(CCn2cnc3c(c2=N)C(c2ccc(OC)c(OC)c2)C2=C(CC(C)(C)CC2=O)O3)cc1OC. The molecule has 1 aliphatic heterocycles. The van der Waals surface area contributed by atoms with Gasteiger partial charge in [0.2, 0.25) is 5.88 Å². The predicted octanol–water partition coefficient (Wildman–Crippen LogP) is 4.81. The largest absolute Gasteiger partial charge is 0.493 e. The van der Waals surface area contributed by atoms with E-state index in [2.05, 4.69) is 18.8 Å². The monoisotopic (exact) mass is 545 g/mol. The van der Waals surface area contributed by atoms with Crippen LogP contribution in [0.3, 0.4) is 0 Å². The first-order chi connectivity index (χ1) is 19.2. The molecular formula is C31H35N3O6. The number of benzene rings is 2. The molecule has 1 atom stereocenters. The molecule has 1 aliphatic carbocycles. The summed E-state index contributed by atoms with van der Waals surface area (Å²) in [6, 6.07) is 11.4. The average Bonchev–Trinajstić information content (AvgIpc) is 2.94. The van der Waals surface area contributed by atoms with Crippen molar-refractivity contribution >= 4 is 5.78 Å². The maximum atomic E-state index is 13.6. The number of carbonyl (C=O) groups is 1. The number of methoxy groups -OCH3 is 4. The number of aryl methyl sites for hydroxylation is 2. The molecule has 9 heteroatoms. The zero-order chi connectivity index (χ0) is 28.6. The van der Waals surface area contributed by atoms with Gasteiger partial charge in [0.25, 0.3) is 0 Å². The number of Topliss-reactive ketones (excluding diaryl/α,β-unsaturated/α-hetero) is 1. The summed E-state index contributed by atoms with van der Waals surface area (Å²) in [7, 11) is 6.38. The summed E-state index contributed by atoms with van der Waals surface area (Å²) in [4.78, 5) is 18.3. The Balaban J connectivity index is 1.59. The van der Waals surface area contributed by atoms with Crippen molar-refractivity contribution in [1.29, 1.82) is 5.41 Å². The van der Waals surface area contributed by atoms with E-state index in [-0.39, 0.29) is 16.7 Å². The highest BCUT2D eigenvalue weighted by Crippen LogP contribution is 2.49. The minimum absolute atomic E-state index is 0.0248. The minimum Gasteiger partial charge on any atom is -0.493 e. The van der Waals surface area contributed by atoms with E-state index < -0.39 is 5.92 Å². The van der Waals surface area contributed by atoms with E-state index in [9.17, 15) is 10.2 Å². The highest BCUT2D eigenvalue weighted by Gasteiger charge is 2.43. The van der Waals surface area contributed by atoms with Crippen LogP contribution in [0.2, 0.25) is 0 Å². The summed E-state index contributed by atoms with van der Waals surface area (Å²) >= 11 is 0. The molecule has 0 saturated carbocycles. The fourth-order valence-electron chi connectivity index (χ4n) is 5.62. The number of rotatable bonds is 8. The molecule has 1 N–H and O–H groups in total. The molecule has 210 valence electrons. The van der Waals surface area contributed by atoms with Gasteiger partial charge in [-0.05, 0) is 47.2 Å². The molecule has 40 heavy (non-hydrogen) atoms. The second-order valence-electron chi connectivity index (χ2n) is 10.9. The Morgan fingerprint density at radius 1 is 0.950 bits per heavy atom. The number of aromatic nitrogens is 2. The van der Waals surface area contributed by atoms with E-state index in [1.807, 2.05) is 36.4 Å². The molecule has 2 aliphatic rings. The Morgan fingerprint density at radius 3 is 2.27 bits per heavy atom. The first kappa shape index (κ1) is 27.3. The maximum Gasteiger partial charge on any atom is 0.228 e. The van der Waals surface area contributed by atoms with Crippen LogP contribution in [0, 0.1) is 10.8 Å². The highest BCUT2D eigenvalue weighted by atomic mass is 16.5. The van der Waals surface area contributed by atoms with Gasteiger partial charge in [0.05, 0.1) is 39.9 Å². The third kappa shape index (κ3) is 4.92. The van der Waals surface area contributed by atoms with Crippen molar-refractivity contribution in [1.82, 2.24) is 9.55 Å². The smallest absolute Gasteiger partial charge is 0.228 e. The molecule has 3 aromatic rings. The van der Waals surface area contributed by atoms with E-state index >= 15 is 0 Å². The number of fused-ring (bicyclic) bond motifs is 1. The summed E-state index contributed by atoms with van der Waals surface area (Å²) < 4.78 is 29.9. The number of hydrogen-bond acceptors (Lipinski definition) is 8. The lowest BCUT2D eigenvalue weighted by atomic mass is 9.70. The van der Waals surface area contributed by atoms with Gasteiger partial charge in [-0.25, -0.2) is 4.98 Å². The number of allylic oxidation sites excluding steroid dienone is 2. The molecule has 0 radical (unpaired) electrons. The molecule has 0 bridgehead atoms. The standard InChI is InChI=1S/C31H35N3O6/c1-31(2)15-20(35)27-25(16-31)40-30-28(26(27)19-8-10-22(37-4)24(14-19)39-6)29(32)34(17-33-30)12-11-18-7-9-21(36-3)23(13-18)38-5/h7-10,13-14,17,26,32H,11-12,15-16H2,1-6H3. The molecule has 1 aromatic heterocycles. The van der Waals surface area contributed by atoms with Gasteiger partial charge < -0.3 is 28.3 Å². The summed E-state index contributed by atoms with van der Waals surface area (Å²) in [5.74, 6) is 2.95. The van der Waals surface area contributed by atoms with Gasteiger partial charge in [0.15, 0.2) is 28.8 Å². The van der Waals surface area contributed by atoms with Crippen LogP contribution in [0.1, 0.15) is 49.3 Å². The Morgan fingerprint density at radius 2 is 1.60 bits per heavy atom. The molecular weight excluding hydrogens is 510 g/mol. The normalized spacial score (nSPS) is 17.4. The number of ketones is 1. The van der Waals surface area contributed by atoms with Crippen LogP contribution in [0.15, 0.2) is 54.1 Å². The second-order valence-corrected chi connectivity index (χ2v) is 10.9. The molecule has 2 heterocycles. The maximum absolute atomic E-state index is 13.6. The lowest BCUT2D eigenvalue weighted by molar-refractivity contribution is -0.118. The average molecular weight is 546 g/mol. The lowest BCUT2D eigenvalue weighted by Gasteiger charge is -2.38. The van der Waals surface area contributed by atoms with Gasteiger partial charge in [-0.3, -0.25) is 10.2 Å². The van der Waals surface area contributed by atoms with Gasteiger partial charge in [0.1, 0.15) is 17.6 Å². The van der Waals surface area contributed by atoms with Gasteiger partial charge >= 0.3 is 0 Å². The van der Waals surface area contributed by atoms with E-state index in [1.54, 1.807) is 39.3 Å². The molecule has 0 amide bonds. The zero-order valence-corrected chi connectivity index (χ0v) is 23.8. The number of ether oxygens (including phenoxy) is 5. The van der Waals surface area contributed by atoms with Gasteiger partial charge in [-0.15, -0.1) is 0 Å². The predicted molar refractivity (Wildman–Crippen MR) is 148 cm³/mol. The second kappa shape index (κ2) is 10.7. The van der Waals surface area contributed by atoms with E-state index in [1.165, 1.54) is 0 Å². The van der Waals surface area contributed by atoms with Crippen molar-refractivity contribution in [2.75, 3.05) is 28.4 Å². The van der Waals surface area contributed by atoms with Crippen LogP contribution in [-0.4, -0.2) is 43.8 Å². The van der Waals surface area contributed by atoms with Crippen molar-refractivity contribution in [2.24, 2.45) is 5.41 Å². The third-order valence-electron chi connectivity index (χ3n) is 7.59. The minimum atomic E-state index is -0.518. The van der Waals surface area contributed by atoms with Crippen LogP contribution < -0.4 is 29.2 Å². The first-order valence-corrected chi connectivity index (χ1v) is 13.2. The summed E-state index contributed by atoms with van der Waals surface area (Å²) in [5, 5.41) is 9.25. The molecule has 2 aromatic carbocycles. The quantitative estimate of drug-likeness (QED) is 0.433. The lowest BCUT2D eigenvalue weighted by Crippen LogP contribution is -2.37. The number of hydrogen-bond donors (Lipinski definition) is 1. The van der Waals surface area contributed by atoms with Crippen LogP contribution in [0.4, 0.5) is 0 Å². The van der Waals surface area contributed by atoms with Crippen LogP contribution >= 0.6 is 0 Å². The van der Waals surface area contributed by atoms with Crippen molar-refractivity contribution in [3.8, 4) is 28.9 Å². The highest BCUT2D eigenvalue weighted by molar-refractivity contribution is 6.00. The summed E-state index contributed by atoms with van der Waals surface area (Å²) in [6.45, 7) is 4.63. The molecule has 0 spiro atoms. The van der Waals surface area contributed by atoms with Crippen molar-refractivity contribution in [2.45, 2.75) is 45.6 Å². The van der Waals surface area contributed by atoms with Crippen LogP contribution in [-0.2, 0) is 17.8 Å². The van der Waals surface area contributed by atoms with Crippen molar-refractivity contribution < 1.29 is 28.5 Å². The molecule has 5 rings (SSSR count). The Bertz CT molecular complexity index is 1560. The number of nitrogens with zero attached hydrogens (tertiary/aromatic N) is 2. The van der Waals surface area contributed by atoms with Gasteiger partial charge in [-0.2, -0.15) is 0 Å².